The van der Waals surface area contributed by atoms with E-state index in [9.17, 15) is 36.1 Å². The zero-order valence-corrected chi connectivity index (χ0v) is 12.4. The van der Waals surface area contributed by atoms with Crippen LogP contribution in [0.2, 0.25) is 0 Å². The second-order valence-electron chi connectivity index (χ2n) is 4.55. The molecule has 2 aromatic rings. The van der Waals surface area contributed by atoms with E-state index in [2.05, 4.69) is 0 Å². The van der Waals surface area contributed by atoms with Crippen LogP contribution >= 0.6 is 0 Å². The molecule has 0 saturated carbocycles. The number of hydrogen-bond acceptors (Lipinski definition) is 4. The minimum absolute atomic E-state index is 0.256. The van der Waals surface area contributed by atoms with Gasteiger partial charge < -0.3 is 0 Å². The van der Waals surface area contributed by atoms with Gasteiger partial charge in [0.25, 0.3) is 15.7 Å². The average Bonchev–Trinajstić information content (AvgIpc) is 2.46. The maximum Gasteiger partial charge on any atom is 0.416 e. The van der Waals surface area contributed by atoms with Crippen LogP contribution in [0.25, 0.3) is 0 Å². The Morgan fingerprint density at radius 2 is 1.62 bits per heavy atom. The van der Waals surface area contributed by atoms with Crippen LogP contribution in [-0.2, 0) is 16.2 Å². The number of non-ortho nitro benzene ring substituents is 1. The molecule has 0 aliphatic rings. The smallest absolute Gasteiger partial charge is 0.280 e. The Labute approximate surface area is 132 Å². The van der Waals surface area contributed by atoms with Crippen molar-refractivity contribution in [2.24, 2.45) is 0 Å². The van der Waals surface area contributed by atoms with Crippen LogP contribution in [0.3, 0.4) is 0 Å². The van der Waals surface area contributed by atoms with Gasteiger partial charge in [0, 0.05) is 17.8 Å². The summed E-state index contributed by atoms with van der Waals surface area (Å²) in [5.41, 5.74) is -1.90. The highest BCUT2D eigenvalue weighted by molar-refractivity contribution is 7.92. The normalized spacial score (nSPS) is 12.0. The molecule has 6 nitrogen and oxygen atoms in total. The summed E-state index contributed by atoms with van der Waals surface area (Å²) in [6.45, 7) is 0. The molecule has 0 saturated heterocycles. The number of anilines is 1. The van der Waals surface area contributed by atoms with E-state index in [0.29, 0.717) is 24.3 Å². The van der Waals surface area contributed by atoms with Gasteiger partial charge in [-0.1, -0.05) is 0 Å². The second-order valence-corrected chi connectivity index (χ2v) is 6.20. The van der Waals surface area contributed by atoms with Gasteiger partial charge in [0.05, 0.1) is 10.5 Å². The first-order valence-electron chi connectivity index (χ1n) is 6.15. The predicted octanol–water partition coefficient (Wildman–Crippen LogP) is 3.55. The first-order valence-corrected chi connectivity index (χ1v) is 7.63. The van der Waals surface area contributed by atoms with Gasteiger partial charge in [-0.2, -0.15) is 13.2 Å². The van der Waals surface area contributed by atoms with Gasteiger partial charge in [0.1, 0.15) is 10.7 Å². The minimum Gasteiger partial charge on any atom is -0.280 e. The molecular weight excluding hydrogens is 356 g/mol. The third-order valence-electron chi connectivity index (χ3n) is 2.88. The molecule has 0 atom stereocenters. The summed E-state index contributed by atoms with van der Waals surface area (Å²) < 4.78 is 77.0. The highest BCUT2D eigenvalue weighted by Gasteiger charge is 2.30. The van der Waals surface area contributed by atoms with Crippen LogP contribution in [-0.4, -0.2) is 13.3 Å². The third kappa shape index (κ3) is 3.79. The van der Waals surface area contributed by atoms with E-state index in [1.165, 1.54) is 0 Å². The quantitative estimate of drug-likeness (QED) is 0.510. The first kappa shape index (κ1) is 17.7. The number of nitro benzene ring substituents is 1. The average molecular weight is 364 g/mol. The number of rotatable bonds is 4. The van der Waals surface area contributed by atoms with Crippen LogP contribution in [0.1, 0.15) is 5.56 Å². The van der Waals surface area contributed by atoms with Gasteiger partial charge in [-0.05, 0) is 30.3 Å². The van der Waals surface area contributed by atoms with Gasteiger partial charge in [0.15, 0.2) is 0 Å². The summed E-state index contributed by atoms with van der Waals surface area (Å²) >= 11 is 0. The summed E-state index contributed by atoms with van der Waals surface area (Å²) in [6, 6.07) is 4.88. The lowest BCUT2D eigenvalue weighted by molar-refractivity contribution is -0.385. The van der Waals surface area contributed by atoms with E-state index in [-0.39, 0.29) is 5.69 Å². The van der Waals surface area contributed by atoms with Crippen LogP contribution in [0.5, 0.6) is 0 Å². The molecule has 11 heteroatoms. The molecule has 0 fully saturated rings. The lowest BCUT2D eigenvalue weighted by atomic mass is 10.2. The van der Waals surface area contributed by atoms with E-state index >= 15 is 0 Å². The fourth-order valence-electron chi connectivity index (χ4n) is 1.75. The van der Waals surface area contributed by atoms with Crippen LogP contribution in [0, 0.1) is 15.9 Å². The van der Waals surface area contributed by atoms with Crippen molar-refractivity contribution in [3.05, 3.63) is 64.0 Å². The number of halogens is 4. The van der Waals surface area contributed by atoms with Crippen molar-refractivity contribution < 1.29 is 30.9 Å². The maximum absolute atomic E-state index is 13.7. The van der Waals surface area contributed by atoms with Gasteiger partial charge in [-0.25, -0.2) is 12.8 Å². The monoisotopic (exact) mass is 364 g/mol. The summed E-state index contributed by atoms with van der Waals surface area (Å²) in [7, 11) is -4.56. The zero-order chi connectivity index (χ0) is 18.1. The van der Waals surface area contributed by atoms with Gasteiger partial charge >= 0.3 is 6.18 Å². The largest absolute Gasteiger partial charge is 0.416 e. The van der Waals surface area contributed by atoms with Crippen molar-refractivity contribution in [1.29, 1.82) is 0 Å². The Morgan fingerprint density at radius 3 is 2.12 bits per heavy atom. The fourth-order valence-corrected chi connectivity index (χ4v) is 2.91. The molecule has 24 heavy (non-hydrogen) atoms. The molecule has 1 N–H and O–H groups in total. The molecule has 2 aromatic carbocycles. The van der Waals surface area contributed by atoms with Crippen molar-refractivity contribution in [3.63, 3.8) is 0 Å². The van der Waals surface area contributed by atoms with Crippen LogP contribution in [0.15, 0.2) is 47.4 Å². The predicted molar refractivity (Wildman–Crippen MR) is 75.3 cm³/mol. The van der Waals surface area contributed by atoms with Crippen molar-refractivity contribution in [1.82, 2.24) is 0 Å². The second kappa shape index (κ2) is 6.07. The van der Waals surface area contributed by atoms with E-state index in [4.69, 9.17) is 0 Å². The Balaban J connectivity index is 2.35. The highest BCUT2D eigenvalue weighted by atomic mass is 32.2. The summed E-state index contributed by atoms with van der Waals surface area (Å²) in [5, 5.41) is 10.6. The number of nitro groups is 1. The molecule has 0 heterocycles. The molecule has 128 valence electrons. The summed E-state index contributed by atoms with van der Waals surface area (Å²) in [6.07, 6.45) is -4.59. The van der Waals surface area contributed by atoms with Crippen molar-refractivity contribution in [3.8, 4) is 0 Å². The molecule has 0 aromatic heterocycles. The Hall–Kier alpha value is -2.69. The number of nitrogens with one attached hydrogen (secondary N) is 1. The van der Waals surface area contributed by atoms with Crippen LogP contribution in [0.4, 0.5) is 28.9 Å². The lowest BCUT2D eigenvalue weighted by Crippen LogP contribution is -2.15. The van der Waals surface area contributed by atoms with Gasteiger partial charge in [-0.15, -0.1) is 0 Å². The molecule has 0 aliphatic heterocycles. The molecule has 0 amide bonds. The number of benzene rings is 2. The summed E-state index contributed by atoms with van der Waals surface area (Å²) in [5.74, 6) is -1.24. The number of sulfonamides is 1. The maximum atomic E-state index is 13.7. The Kier molecular flexibility index (Phi) is 4.47. The Morgan fingerprint density at radius 1 is 1.04 bits per heavy atom. The number of nitrogens with zero attached hydrogens (tertiary/aromatic N) is 1. The van der Waals surface area contributed by atoms with Crippen molar-refractivity contribution in [2.45, 2.75) is 11.1 Å². The Bertz CT molecular complexity index is 880. The van der Waals surface area contributed by atoms with E-state index < -0.39 is 43.1 Å². The van der Waals surface area contributed by atoms with Crippen LogP contribution < -0.4 is 4.72 Å². The molecule has 2 rings (SSSR count). The fraction of sp³-hybridized carbons (Fsp3) is 0.0769. The van der Waals surface area contributed by atoms with E-state index in [0.717, 1.165) is 18.2 Å². The van der Waals surface area contributed by atoms with Gasteiger partial charge in [-0.3, -0.25) is 14.8 Å². The van der Waals surface area contributed by atoms with Crippen molar-refractivity contribution in [2.75, 3.05) is 4.72 Å². The minimum atomic E-state index is -4.59. The number of hydrogen-bond donors (Lipinski definition) is 1. The molecule has 0 spiro atoms. The number of alkyl halides is 3. The topological polar surface area (TPSA) is 89.3 Å². The van der Waals surface area contributed by atoms with E-state index in [1.807, 2.05) is 4.72 Å². The molecule has 0 aliphatic carbocycles. The highest BCUT2D eigenvalue weighted by Crippen LogP contribution is 2.30. The SMILES string of the molecule is O=[N+]([O-])c1ccc(F)c(S(=O)(=O)Nc2ccc(C(F)(F)F)cc2)c1. The first-order chi connectivity index (χ1) is 11.0. The zero-order valence-electron chi connectivity index (χ0n) is 11.5. The van der Waals surface area contributed by atoms with E-state index in [1.54, 1.807) is 0 Å². The standard InChI is InChI=1S/C13H8F4N2O4S/c14-11-6-5-10(19(20)21)7-12(11)24(22,23)18-9-3-1-8(2-4-9)13(15,16)17/h1-7,18H. The van der Waals surface area contributed by atoms with Crippen molar-refractivity contribution >= 4 is 21.4 Å². The third-order valence-corrected chi connectivity index (χ3v) is 4.28. The molecule has 0 radical (unpaired) electrons. The van der Waals surface area contributed by atoms with Gasteiger partial charge in [0.2, 0.25) is 0 Å². The molecule has 0 bridgehead atoms. The summed E-state index contributed by atoms with van der Waals surface area (Å²) in [4.78, 5) is 8.75. The lowest BCUT2D eigenvalue weighted by Gasteiger charge is -2.10. The molecule has 0 unspecified atom stereocenters. The molecular formula is C13H8F4N2O4S.